The van der Waals surface area contributed by atoms with Crippen molar-refractivity contribution in [2.75, 3.05) is 0 Å². The molecule has 0 bridgehead atoms. The van der Waals surface area contributed by atoms with Gasteiger partial charge in [0.15, 0.2) is 0 Å². The highest BCUT2D eigenvalue weighted by Gasteiger charge is 2.02. The van der Waals surface area contributed by atoms with Crippen LogP contribution in [0.1, 0.15) is 10.4 Å². The van der Waals surface area contributed by atoms with E-state index >= 15 is 0 Å². The molecule has 0 saturated carbocycles. The Kier molecular flexibility index (Phi) is 5.40. The molecule has 0 aliphatic rings. The summed E-state index contributed by atoms with van der Waals surface area (Å²) in [5.41, 5.74) is 4.38. The molecule has 0 spiro atoms. The predicted molar refractivity (Wildman–Crippen MR) is 46.1 cm³/mol. The molecule has 0 aliphatic carbocycles. The van der Waals surface area contributed by atoms with E-state index in [0.29, 0.717) is 5.56 Å². The standard InChI is InChI=1S/C6H6N2O2.CH3NO2/c7-10-6(9)5-2-1-3-8-4-5;2-1(3)4/h1-4H,7H2;2H2,(H,3,4). The molecule has 1 heterocycles. The van der Waals surface area contributed by atoms with Crippen LogP contribution in [0.3, 0.4) is 0 Å². The molecular formula is C7H9N3O4. The van der Waals surface area contributed by atoms with E-state index in [0.717, 1.165) is 0 Å². The van der Waals surface area contributed by atoms with Gasteiger partial charge in [-0.25, -0.2) is 9.59 Å². The number of amides is 1. The topological polar surface area (TPSA) is 129 Å². The molecule has 1 rings (SSSR count). The first-order valence-corrected chi connectivity index (χ1v) is 3.37. The summed E-state index contributed by atoms with van der Waals surface area (Å²) in [6, 6.07) is 3.20. The van der Waals surface area contributed by atoms with Crippen LogP contribution in [0, 0.1) is 0 Å². The highest BCUT2D eigenvalue weighted by Crippen LogP contribution is 1.95. The third kappa shape index (κ3) is 5.49. The van der Waals surface area contributed by atoms with Crippen LogP contribution in [0.4, 0.5) is 4.79 Å². The van der Waals surface area contributed by atoms with Gasteiger partial charge in [0.05, 0.1) is 5.56 Å². The lowest BCUT2D eigenvalue weighted by atomic mass is 10.3. The van der Waals surface area contributed by atoms with Gasteiger partial charge in [-0.05, 0) is 12.1 Å². The first-order chi connectivity index (χ1) is 6.57. The minimum atomic E-state index is -1.33. The lowest BCUT2D eigenvalue weighted by Gasteiger charge is -1.93. The first kappa shape index (κ1) is 11.8. The summed E-state index contributed by atoms with van der Waals surface area (Å²) in [4.78, 5) is 27.1. The van der Waals surface area contributed by atoms with Gasteiger partial charge >= 0.3 is 12.1 Å². The predicted octanol–water partition coefficient (Wildman–Crippen LogP) is -0.265. The second-order valence-electron chi connectivity index (χ2n) is 1.99. The fourth-order valence-electron chi connectivity index (χ4n) is 0.552. The number of hydrogen-bond acceptors (Lipinski definition) is 5. The van der Waals surface area contributed by atoms with Crippen LogP contribution in [-0.4, -0.2) is 22.2 Å². The van der Waals surface area contributed by atoms with Crippen LogP contribution in [0.15, 0.2) is 24.5 Å². The lowest BCUT2D eigenvalue weighted by Crippen LogP contribution is -2.09. The average molecular weight is 199 g/mol. The van der Waals surface area contributed by atoms with E-state index < -0.39 is 12.1 Å². The number of carboxylic acid groups (broad SMARTS) is 1. The van der Waals surface area contributed by atoms with Crippen molar-refractivity contribution in [3.05, 3.63) is 30.1 Å². The average Bonchev–Trinajstić information content (AvgIpc) is 2.17. The van der Waals surface area contributed by atoms with Crippen LogP contribution in [-0.2, 0) is 4.84 Å². The van der Waals surface area contributed by atoms with E-state index in [1.54, 1.807) is 18.3 Å². The fourth-order valence-corrected chi connectivity index (χ4v) is 0.552. The van der Waals surface area contributed by atoms with Crippen LogP contribution in [0.5, 0.6) is 0 Å². The number of rotatable bonds is 1. The number of nitrogens with zero attached hydrogens (tertiary/aromatic N) is 1. The Labute approximate surface area is 79.3 Å². The summed E-state index contributed by atoms with van der Waals surface area (Å²) < 4.78 is 0. The summed E-state index contributed by atoms with van der Waals surface area (Å²) in [6.07, 6.45) is 1.61. The van der Waals surface area contributed by atoms with Gasteiger partial charge in [-0.1, -0.05) is 0 Å². The summed E-state index contributed by atoms with van der Waals surface area (Å²) >= 11 is 0. The third-order valence-corrected chi connectivity index (χ3v) is 1.00. The molecule has 1 aromatic heterocycles. The molecule has 7 nitrogen and oxygen atoms in total. The van der Waals surface area contributed by atoms with E-state index in [1.165, 1.54) is 6.20 Å². The van der Waals surface area contributed by atoms with Gasteiger partial charge in [0.2, 0.25) is 0 Å². The number of carbonyl (C=O) groups is 2. The Bertz CT molecular complexity index is 297. The maximum atomic E-state index is 10.6. The molecular weight excluding hydrogens is 190 g/mol. The smallest absolute Gasteiger partial charge is 0.402 e. The van der Waals surface area contributed by atoms with Crippen molar-refractivity contribution >= 4 is 12.1 Å². The van der Waals surface area contributed by atoms with E-state index in [2.05, 4.69) is 21.5 Å². The van der Waals surface area contributed by atoms with Gasteiger partial charge in [-0.3, -0.25) is 4.98 Å². The van der Waals surface area contributed by atoms with Crippen molar-refractivity contribution in [3.63, 3.8) is 0 Å². The summed E-state index contributed by atoms with van der Waals surface area (Å²) in [7, 11) is 0. The van der Waals surface area contributed by atoms with Crippen molar-refractivity contribution in [2.24, 2.45) is 11.6 Å². The molecule has 0 aromatic carbocycles. The summed E-state index contributed by atoms with van der Waals surface area (Å²) in [6.45, 7) is 0. The molecule has 5 N–H and O–H groups in total. The van der Waals surface area contributed by atoms with Crippen LogP contribution in [0.2, 0.25) is 0 Å². The van der Waals surface area contributed by atoms with E-state index in [9.17, 15) is 4.79 Å². The monoisotopic (exact) mass is 199 g/mol. The van der Waals surface area contributed by atoms with Gasteiger partial charge in [-0.15, -0.1) is 0 Å². The molecule has 1 amide bonds. The Balaban J connectivity index is 0.000000364. The van der Waals surface area contributed by atoms with E-state index in [-0.39, 0.29) is 0 Å². The number of hydrogen-bond donors (Lipinski definition) is 3. The minimum Gasteiger partial charge on any atom is -0.465 e. The van der Waals surface area contributed by atoms with Gasteiger partial charge in [0, 0.05) is 12.4 Å². The normalized spacial score (nSPS) is 8.07. The zero-order valence-electron chi connectivity index (χ0n) is 7.08. The third-order valence-electron chi connectivity index (χ3n) is 1.00. The lowest BCUT2D eigenvalue weighted by molar-refractivity contribution is 0.0503. The molecule has 76 valence electrons. The molecule has 1 aromatic rings. The van der Waals surface area contributed by atoms with E-state index in [4.69, 9.17) is 9.90 Å². The molecule has 0 saturated heterocycles. The second-order valence-corrected chi connectivity index (χ2v) is 1.99. The van der Waals surface area contributed by atoms with Crippen molar-refractivity contribution in [1.82, 2.24) is 4.98 Å². The Morgan fingerprint density at radius 1 is 1.50 bits per heavy atom. The fraction of sp³-hybridized carbons (Fsp3) is 0. The molecule has 0 fully saturated rings. The number of pyridine rings is 1. The number of nitrogens with two attached hydrogens (primary N) is 2. The van der Waals surface area contributed by atoms with Gasteiger partial charge in [0.1, 0.15) is 0 Å². The maximum absolute atomic E-state index is 10.6. The van der Waals surface area contributed by atoms with E-state index in [1.807, 2.05) is 0 Å². The van der Waals surface area contributed by atoms with Gasteiger partial charge in [0.25, 0.3) is 0 Å². The Morgan fingerprint density at radius 3 is 2.43 bits per heavy atom. The first-order valence-electron chi connectivity index (χ1n) is 3.37. The van der Waals surface area contributed by atoms with Crippen LogP contribution < -0.4 is 11.6 Å². The Morgan fingerprint density at radius 2 is 2.07 bits per heavy atom. The number of primary amides is 1. The van der Waals surface area contributed by atoms with Crippen LogP contribution in [0.25, 0.3) is 0 Å². The van der Waals surface area contributed by atoms with Gasteiger partial charge in [-0.2, -0.15) is 5.90 Å². The highest BCUT2D eigenvalue weighted by molar-refractivity contribution is 5.88. The minimum absolute atomic E-state index is 0.352. The number of carbonyl (C=O) groups excluding carboxylic acids is 1. The molecule has 0 aliphatic heterocycles. The molecule has 0 radical (unpaired) electrons. The summed E-state index contributed by atoms with van der Waals surface area (Å²) in [5.74, 6) is 4.05. The summed E-state index contributed by atoms with van der Waals surface area (Å²) in [5, 5.41) is 7.19. The zero-order valence-corrected chi connectivity index (χ0v) is 7.08. The highest BCUT2D eigenvalue weighted by atomic mass is 16.7. The van der Waals surface area contributed by atoms with Crippen molar-refractivity contribution < 1.29 is 19.5 Å². The maximum Gasteiger partial charge on any atom is 0.402 e. The molecule has 0 unspecified atom stereocenters. The Hall–Kier alpha value is -2.15. The molecule has 0 atom stereocenters. The quantitative estimate of drug-likeness (QED) is 0.534. The number of aromatic nitrogens is 1. The van der Waals surface area contributed by atoms with Crippen molar-refractivity contribution in [1.29, 1.82) is 0 Å². The molecule has 7 heteroatoms. The zero-order chi connectivity index (χ0) is 11.0. The van der Waals surface area contributed by atoms with Gasteiger partial charge < -0.3 is 15.7 Å². The van der Waals surface area contributed by atoms with Crippen molar-refractivity contribution in [3.8, 4) is 0 Å². The molecule has 14 heavy (non-hydrogen) atoms. The largest absolute Gasteiger partial charge is 0.465 e. The van der Waals surface area contributed by atoms with Crippen LogP contribution >= 0.6 is 0 Å². The second kappa shape index (κ2) is 6.38. The van der Waals surface area contributed by atoms with Crippen molar-refractivity contribution in [2.45, 2.75) is 0 Å². The SMILES string of the molecule is NC(=O)O.NOC(=O)c1cccnc1.